The maximum absolute atomic E-state index is 11.0. The second-order valence-corrected chi connectivity index (χ2v) is 5.99. The van der Waals surface area contributed by atoms with E-state index in [1.54, 1.807) is 24.3 Å². The summed E-state index contributed by atoms with van der Waals surface area (Å²) in [6.07, 6.45) is 0. The molecule has 0 N–H and O–H groups in total. The van der Waals surface area contributed by atoms with Gasteiger partial charge in [0.2, 0.25) is 16.6 Å². The summed E-state index contributed by atoms with van der Waals surface area (Å²) in [6.45, 7) is 0. The van der Waals surface area contributed by atoms with E-state index >= 15 is 0 Å². The van der Waals surface area contributed by atoms with Crippen LogP contribution < -0.4 is 19.6 Å². The van der Waals surface area contributed by atoms with Gasteiger partial charge in [-0.1, -0.05) is 0 Å². The number of hydrogen-bond acceptors (Lipinski definition) is 8. The van der Waals surface area contributed by atoms with Crippen molar-refractivity contribution in [3.63, 3.8) is 0 Å². The number of anilines is 2. The molecule has 0 spiro atoms. The highest BCUT2D eigenvalue weighted by Gasteiger charge is 2.10. The van der Waals surface area contributed by atoms with Crippen molar-refractivity contribution in [1.29, 1.82) is 0 Å². The highest BCUT2D eigenvalue weighted by atomic mass is 16.8. The van der Waals surface area contributed by atoms with Crippen LogP contribution in [0.15, 0.2) is 45.7 Å². The summed E-state index contributed by atoms with van der Waals surface area (Å²) in [5.41, 5.74) is 3.97. The molecule has 4 aromatic rings. The summed E-state index contributed by atoms with van der Waals surface area (Å²) in [7, 11) is 7.66. The molecule has 2 aromatic heterocycles. The molecule has 0 radical (unpaired) electrons. The molecule has 0 amide bonds. The van der Waals surface area contributed by atoms with Crippen LogP contribution in [-0.2, 0) is 0 Å². The van der Waals surface area contributed by atoms with Crippen molar-refractivity contribution >= 4 is 33.4 Å². The second kappa shape index (κ2) is 6.75. The average Bonchev–Trinajstić information content (AvgIpc) is 3.18. The molecule has 0 aliphatic carbocycles. The third-order valence-corrected chi connectivity index (χ3v) is 3.77. The molecule has 0 saturated carbocycles. The van der Waals surface area contributed by atoms with E-state index in [-0.39, 0.29) is 0 Å². The standard InChI is InChI=1S/2C8H9N3O2/c1-10(2)6-3-4-8-7(5-6)9-13-11(8)12;1-10(2)6-3-4-7-8(5-6)11(12)13-9-7/h2*3-5H,1-2H3. The van der Waals surface area contributed by atoms with Crippen LogP contribution in [0.1, 0.15) is 0 Å². The van der Waals surface area contributed by atoms with Gasteiger partial charge >= 0.3 is 0 Å². The van der Waals surface area contributed by atoms with Gasteiger partial charge in [-0.05, 0) is 34.1 Å². The normalized spacial score (nSPS) is 10.6. The maximum atomic E-state index is 11.0. The van der Waals surface area contributed by atoms with E-state index in [0.717, 1.165) is 11.4 Å². The number of rotatable bonds is 2. The first-order valence-electron chi connectivity index (χ1n) is 7.70. The Morgan fingerprint density at radius 3 is 1.92 bits per heavy atom. The van der Waals surface area contributed by atoms with Gasteiger partial charge in [0, 0.05) is 62.0 Å². The highest BCUT2D eigenvalue weighted by molar-refractivity contribution is 5.76. The number of hydrogen-bond donors (Lipinski definition) is 0. The molecule has 0 unspecified atom stereocenters. The van der Waals surface area contributed by atoms with E-state index in [1.807, 2.05) is 50.1 Å². The minimum atomic E-state index is 0.398. The van der Waals surface area contributed by atoms with Crippen LogP contribution in [0.3, 0.4) is 0 Å². The first kappa shape index (κ1) is 17.3. The molecule has 2 aromatic carbocycles. The fourth-order valence-corrected chi connectivity index (χ4v) is 2.28. The largest absolute Gasteiger partial charge is 0.378 e. The first-order valence-corrected chi connectivity index (χ1v) is 7.70. The molecular weight excluding hydrogens is 340 g/mol. The van der Waals surface area contributed by atoms with Gasteiger partial charge in [0.1, 0.15) is 0 Å². The minimum Gasteiger partial charge on any atom is -0.378 e. The smallest absolute Gasteiger partial charge is 0.250 e. The van der Waals surface area contributed by atoms with Crippen molar-refractivity contribution in [2.24, 2.45) is 0 Å². The summed E-state index contributed by atoms with van der Waals surface area (Å²) >= 11 is 0. The van der Waals surface area contributed by atoms with Gasteiger partial charge in [0.15, 0.2) is 0 Å². The minimum absolute atomic E-state index is 0.398. The number of benzene rings is 2. The van der Waals surface area contributed by atoms with Crippen molar-refractivity contribution < 1.29 is 19.1 Å². The molecule has 10 heteroatoms. The Balaban J connectivity index is 0.000000151. The Labute approximate surface area is 148 Å². The van der Waals surface area contributed by atoms with Crippen molar-refractivity contribution in [2.75, 3.05) is 38.0 Å². The van der Waals surface area contributed by atoms with Crippen LogP contribution in [0.25, 0.3) is 22.1 Å². The maximum Gasteiger partial charge on any atom is 0.250 e. The van der Waals surface area contributed by atoms with Crippen molar-refractivity contribution in [2.45, 2.75) is 0 Å². The van der Waals surface area contributed by atoms with Gasteiger partial charge in [0.25, 0.3) is 5.52 Å². The van der Waals surface area contributed by atoms with E-state index in [9.17, 15) is 10.4 Å². The summed E-state index contributed by atoms with van der Waals surface area (Å²) in [5.74, 6) is 0. The molecule has 0 bridgehead atoms. The summed E-state index contributed by atoms with van der Waals surface area (Å²) in [4.78, 5) is 4.65. The summed E-state index contributed by atoms with van der Waals surface area (Å²) in [6, 6.07) is 10.7. The lowest BCUT2D eigenvalue weighted by Crippen LogP contribution is -2.22. The van der Waals surface area contributed by atoms with Gasteiger partial charge < -0.3 is 20.2 Å². The lowest BCUT2D eigenvalue weighted by atomic mass is 10.2. The zero-order valence-electron chi connectivity index (χ0n) is 14.8. The first-order chi connectivity index (χ1) is 12.4. The van der Waals surface area contributed by atoms with Crippen molar-refractivity contribution in [1.82, 2.24) is 10.3 Å². The number of nitrogens with zero attached hydrogens (tertiary/aromatic N) is 6. The van der Waals surface area contributed by atoms with Crippen LogP contribution in [0, 0.1) is 10.4 Å². The van der Waals surface area contributed by atoms with Gasteiger partial charge in [-0.2, -0.15) is 0 Å². The van der Waals surface area contributed by atoms with Gasteiger partial charge in [-0.15, -0.1) is 0 Å². The molecule has 0 aliphatic heterocycles. The average molecular weight is 358 g/mol. The van der Waals surface area contributed by atoms with E-state index in [1.165, 1.54) is 0 Å². The Bertz CT molecular complexity index is 1040. The monoisotopic (exact) mass is 358 g/mol. The lowest BCUT2D eigenvalue weighted by Gasteiger charge is -2.10. The van der Waals surface area contributed by atoms with E-state index < -0.39 is 0 Å². The molecule has 0 aliphatic rings. The van der Waals surface area contributed by atoms with Gasteiger partial charge in [-0.3, -0.25) is 9.26 Å². The van der Waals surface area contributed by atoms with Crippen LogP contribution in [0.5, 0.6) is 0 Å². The van der Waals surface area contributed by atoms with Gasteiger partial charge in [0.05, 0.1) is 0 Å². The Kier molecular flexibility index (Phi) is 4.48. The Hall–Kier alpha value is -3.56. The summed E-state index contributed by atoms with van der Waals surface area (Å²) < 4.78 is 8.88. The Morgan fingerprint density at radius 1 is 0.731 bits per heavy atom. The molecule has 10 nitrogen and oxygen atoms in total. The zero-order valence-corrected chi connectivity index (χ0v) is 14.8. The molecule has 26 heavy (non-hydrogen) atoms. The predicted octanol–water partition coefficient (Wildman–Crippen LogP) is 1.05. The predicted molar refractivity (Wildman–Crippen MR) is 94.6 cm³/mol. The molecule has 0 fully saturated rings. The number of aromatic nitrogens is 4. The zero-order chi connectivity index (χ0) is 18.8. The second-order valence-electron chi connectivity index (χ2n) is 5.99. The molecule has 136 valence electrons. The van der Waals surface area contributed by atoms with E-state index in [4.69, 9.17) is 0 Å². The summed E-state index contributed by atoms with van der Waals surface area (Å²) in [5, 5.41) is 29.1. The van der Waals surface area contributed by atoms with E-state index in [2.05, 4.69) is 19.6 Å². The third kappa shape index (κ3) is 3.29. The molecular formula is C16H18N6O4. The lowest BCUT2D eigenvalue weighted by molar-refractivity contribution is -0.782. The SMILES string of the molecule is CN(C)c1ccc2c(c1)no[n+]2[O-].CN(C)c1ccc2no[n+]([O-])c2c1. The van der Waals surface area contributed by atoms with Crippen LogP contribution >= 0.6 is 0 Å². The fraction of sp³-hybridized carbons (Fsp3) is 0.250. The van der Waals surface area contributed by atoms with Crippen LogP contribution in [-0.4, -0.2) is 38.5 Å². The van der Waals surface area contributed by atoms with Crippen LogP contribution in [0.4, 0.5) is 11.4 Å². The molecule has 2 heterocycles. The van der Waals surface area contributed by atoms with Crippen molar-refractivity contribution in [3.05, 3.63) is 46.8 Å². The van der Waals surface area contributed by atoms with Gasteiger partial charge in [-0.25, -0.2) is 0 Å². The van der Waals surface area contributed by atoms with Crippen LogP contribution in [0.2, 0.25) is 0 Å². The van der Waals surface area contributed by atoms with E-state index in [0.29, 0.717) is 31.9 Å². The highest BCUT2D eigenvalue weighted by Crippen LogP contribution is 2.17. The third-order valence-electron chi connectivity index (χ3n) is 3.77. The Morgan fingerprint density at radius 2 is 1.27 bits per heavy atom. The fourth-order valence-electron chi connectivity index (χ4n) is 2.28. The van der Waals surface area contributed by atoms with Crippen molar-refractivity contribution in [3.8, 4) is 0 Å². The molecule has 0 saturated heterocycles. The molecule has 4 rings (SSSR count). The topological polar surface area (TPSA) is 112 Å². The quantitative estimate of drug-likeness (QED) is 0.489. The number of fused-ring (bicyclic) bond motifs is 2. The molecule has 0 atom stereocenters.